The van der Waals surface area contributed by atoms with E-state index in [9.17, 15) is 0 Å². The molecule has 0 N–H and O–H groups in total. The molecule has 0 aliphatic carbocycles. The SMILES string of the molecule is c1cnc(N2CCC(OCC3CCCCO3)CC2)nc1. The van der Waals surface area contributed by atoms with E-state index in [0.29, 0.717) is 12.2 Å². The van der Waals surface area contributed by atoms with Gasteiger partial charge < -0.3 is 14.4 Å². The maximum absolute atomic E-state index is 6.01. The van der Waals surface area contributed by atoms with Crippen molar-refractivity contribution in [3.63, 3.8) is 0 Å². The second-order valence-corrected chi connectivity index (χ2v) is 5.56. The van der Waals surface area contributed by atoms with E-state index in [-0.39, 0.29) is 0 Å². The summed E-state index contributed by atoms with van der Waals surface area (Å²) >= 11 is 0. The van der Waals surface area contributed by atoms with Crippen LogP contribution in [0.25, 0.3) is 0 Å². The minimum atomic E-state index is 0.319. The molecule has 2 aliphatic heterocycles. The van der Waals surface area contributed by atoms with Crippen LogP contribution >= 0.6 is 0 Å². The third-order valence-electron chi connectivity index (χ3n) is 4.07. The van der Waals surface area contributed by atoms with Gasteiger partial charge in [-0.3, -0.25) is 0 Å². The fourth-order valence-corrected chi connectivity index (χ4v) is 2.86. The number of piperidine rings is 1. The Morgan fingerprint density at radius 1 is 1.15 bits per heavy atom. The van der Waals surface area contributed by atoms with Gasteiger partial charge in [-0.2, -0.15) is 0 Å². The van der Waals surface area contributed by atoms with E-state index < -0.39 is 0 Å². The number of nitrogens with zero attached hydrogens (tertiary/aromatic N) is 3. The van der Waals surface area contributed by atoms with Crippen LogP contribution in [0.4, 0.5) is 5.95 Å². The van der Waals surface area contributed by atoms with Gasteiger partial charge in [0, 0.05) is 32.1 Å². The van der Waals surface area contributed by atoms with Crippen molar-refractivity contribution in [3.05, 3.63) is 18.5 Å². The Hall–Kier alpha value is -1.20. The molecule has 1 atom stereocenters. The molecular formula is C15H23N3O2. The van der Waals surface area contributed by atoms with Gasteiger partial charge in [-0.25, -0.2) is 9.97 Å². The number of hydrogen-bond acceptors (Lipinski definition) is 5. The van der Waals surface area contributed by atoms with Crippen LogP contribution < -0.4 is 4.90 Å². The van der Waals surface area contributed by atoms with E-state index in [1.807, 2.05) is 6.07 Å². The summed E-state index contributed by atoms with van der Waals surface area (Å²) in [4.78, 5) is 10.8. The summed E-state index contributed by atoms with van der Waals surface area (Å²) in [6, 6.07) is 1.85. The molecule has 0 aromatic carbocycles. The van der Waals surface area contributed by atoms with Crippen LogP contribution in [-0.4, -0.2) is 48.5 Å². The van der Waals surface area contributed by atoms with Crippen LogP contribution in [0.2, 0.25) is 0 Å². The van der Waals surface area contributed by atoms with Crippen molar-refractivity contribution >= 4 is 5.95 Å². The fraction of sp³-hybridized carbons (Fsp3) is 0.733. The zero-order valence-corrected chi connectivity index (χ0v) is 11.9. The number of ether oxygens (including phenoxy) is 2. The third kappa shape index (κ3) is 3.67. The van der Waals surface area contributed by atoms with Gasteiger partial charge in [-0.1, -0.05) is 0 Å². The van der Waals surface area contributed by atoms with Crippen LogP contribution in [0, 0.1) is 0 Å². The van der Waals surface area contributed by atoms with E-state index in [2.05, 4.69) is 14.9 Å². The minimum Gasteiger partial charge on any atom is -0.376 e. The first-order valence-corrected chi connectivity index (χ1v) is 7.67. The first kappa shape index (κ1) is 13.8. The second-order valence-electron chi connectivity index (χ2n) is 5.56. The van der Waals surface area contributed by atoms with Crippen LogP contribution in [0.3, 0.4) is 0 Å². The highest BCUT2D eigenvalue weighted by Crippen LogP contribution is 2.19. The molecule has 110 valence electrons. The normalized spacial score (nSPS) is 24.8. The maximum atomic E-state index is 6.01. The highest BCUT2D eigenvalue weighted by molar-refractivity contribution is 5.28. The Kier molecular flexibility index (Phi) is 4.82. The van der Waals surface area contributed by atoms with Crippen molar-refractivity contribution in [1.29, 1.82) is 0 Å². The van der Waals surface area contributed by atoms with Gasteiger partial charge >= 0.3 is 0 Å². The highest BCUT2D eigenvalue weighted by atomic mass is 16.5. The van der Waals surface area contributed by atoms with E-state index in [0.717, 1.165) is 51.5 Å². The van der Waals surface area contributed by atoms with Crippen molar-refractivity contribution < 1.29 is 9.47 Å². The molecule has 20 heavy (non-hydrogen) atoms. The Morgan fingerprint density at radius 2 is 1.95 bits per heavy atom. The largest absolute Gasteiger partial charge is 0.376 e. The average molecular weight is 277 g/mol. The van der Waals surface area contributed by atoms with Gasteiger partial charge in [-0.15, -0.1) is 0 Å². The zero-order valence-electron chi connectivity index (χ0n) is 11.9. The molecule has 2 aliphatic rings. The summed E-state index contributed by atoms with van der Waals surface area (Å²) < 4.78 is 11.7. The van der Waals surface area contributed by atoms with E-state index in [4.69, 9.17) is 9.47 Å². The molecule has 0 bridgehead atoms. The molecule has 0 radical (unpaired) electrons. The molecule has 5 heteroatoms. The molecule has 3 heterocycles. The molecule has 3 rings (SSSR count). The van der Waals surface area contributed by atoms with Gasteiger partial charge in [0.05, 0.1) is 18.8 Å². The molecule has 0 amide bonds. The maximum Gasteiger partial charge on any atom is 0.225 e. The predicted molar refractivity (Wildman–Crippen MR) is 76.8 cm³/mol. The zero-order chi connectivity index (χ0) is 13.6. The lowest BCUT2D eigenvalue weighted by Gasteiger charge is -2.33. The van der Waals surface area contributed by atoms with Gasteiger partial charge in [-0.05, 0) is 38.2 Å². The average Bonchev–Trinajstić information content (AvgIpc) is 2.55. The lowest BCUT2D eigenvalue weighted by atomic mass is 10.1. The summed E-state index contributed by atoms with van der Waals surface area (Å²) in [5.41, 5.74) is 0. The Labute approximate surface area is 120 Å². The van der Waals surface area contributed by atoms with Gasteiger partial charge in [0.15, 0.2) is 0 Å². The molecule has 1 aromatic heterocycles. The topological polar surface area (TPSA) is 47.5 Å². The molecule has 0 saturated carbocycles. The van der Waals surface area contributed by atoms with Crippen LogP contribution in [0.1, 0.15) is 32.1 Å². The van der Waals surface area contributed by atoms with Gasteiger partial charge in [0.2, 0.25) is 5.95 Å². The standard InChI is InChI=1S/C15H23N3O2/c1-2-11-19-14(4-1)12-20-13-5-9-18(10-6-13)15-16-7-3-8-17-15/h3,7-8,13-14H,1-2,4-6,9-12H2. The monoisotopic (exact) mass is 277 g/mol. The molecule has 2 saturated heterocycles. The first-order chi connectivity index (χ1) is 9.92. The van der Waals surface area contributed by atoms with E-state index in [1.165, 1.54) is 12.8 Å². The van der Waals surface area contributed by atoms with Crippen molar-refractivity contribution in [3.8, 4) is 0 Å². The summed E-state index contributed by atoms with van der Waals surface area (Å²) in [5.74, 6) is 0.835. The fourth-order valence-electron chi connectivity index (χ4n) is 2.86. The molecule has 0 spiro atoms. The number of rotatable bonds is 4. The van der Waals surface area contributed by atoms with E-state index >= 15 is 0 Å². The molecule has 1 aromatic rings. The lowest BCUT2D eigenvalue weighted by Crippen LogP contribution is -2.39. The Bertz CT molecular complexity index is 387. The third-order valence-corrected chi connectivity index (χ3v) is 4.07. The van der Waals surface area contributed by atoms with Crippen molar-refractivity contribution in [1.82, 2.24) is 9.97 Å². The smallest absolute Gasteiger partial charge is 0.225 e. The summed E-state index contributed by atoms with van der Waals surface area (Å²) in [6.07, 6.45) is 9.99. The summed E-state index contributed by atoms with van der Waals surface area (Å²) in [5, 5.41) is 0. The van der Waals surface area contributed by atoms with Gasteiger partial charge in [0.25, 0.3) is 0 Å². The number of hydrogen-bond donors (Lipinski definition) is 0. The molecule has 2 fully saturated rings. The molecule has 5 nitrogen and oxygen atoms in total. The van der Waals surface area contributed by atoms with Crippen molar-refractivity contribution in [2.45, 2.75) is 44.3 Å². The lowest BCUT2D eigenvalue weighted by molar-refractivity contribution is -0.0672. The van der Waals surface area contributed by atoms with E-state index in [1.54, 1.807) is 12.4 Å². The van der Waals surface area contributed by atoms with Gasteiger partial charge in [0.1, 0.15) is 0 Å². The van der Waals surface area contributed by atoms with Crippen molar-refractivity contribution in [2.75, 3.05) is 31.2 Å². The number of anilines is 1. The van der Waals surface area contributed by atoms with Crippen LogP contribution in [0.15, 0.2) is 18.5 Å². The van der Waals surface area contributed by atoms with Crippen LogP contribution in [-0.2, 0) is 9.47 Å². The summed E-state index contributed by atoms with van der Waals surface area (Å²) in [6.45, 7) is 3.60. The van der Waals surface area contributed by atoms with Crippen molar-refractivity contribution in [2.24, 2.45) is 0 Å². The number of aromatic nitrogens is 2. The Balaban J connectivity index is 1.40. The first-order valence-electron chi connectivity index (χ1n) is 7.67. The summed E-state index contributed by atoms with van der Waals surface area (Å²) in [7, 11) is 0. The highest BCUT2D eigenvalue weighted by Gasteiger charge is 2.23. The quantitative estimate of drug-likeness (QED) is 0.842. The molecular weight excluding hydrogens is 254 g/mol. The predicted octanol–water partition coefficient (Wildman–Crippen LogP) is 2.03. The second kappa shape index (κ2) is 6.99. The van der Waals surface area contributed by atoms with Crippen LogP contribution in [0.5, 0.6) is 0 Å². The molecule has 1 unspecified atom stereocenters. The Morgan fingerprint density at radius 3 is 2.65 bits per heavy atom. The minimum absolute atomic E-state index is 0.319.